The number of aliphatic hydroxyl groups excluding tert-OH is 1. The van der Waals surface area contributed by atoms with Gasteiger partial charge in [0.25, 0.3) is 0 Å². The molecule has 0 heterocycles. The van der Waals surface area contributed by atoms with Crippen LogP contribution in [0.2, 0.25) is 0 Å². The Labute approximate surface area is 207 Å². The quantitative estimate of drug-likeness (QED) is 0.362. The number of hydrogen-bond acceptors (Lipinski definition) is 7. The predicted molar refractivity (Wildman–Crippen MR) is 133 cm³/mol. The third kappa shape index (κ3) is 8.08. The number of carbonyl (C=O) groups excluding carboxylic acids is 2. The van der Waals surface area contributed by atoms with Crippen LogP contribution in [0.3, 0.4) is 0 Å². The minimum Gasteiger partial charge on any atom is -0.431 e. The molecule has 0 bridgehead atoms. The first-order valence-corrected chi connectivity index (χ1v) is 12.4. The maximum atomic E-state index is 12.8. The highest BCUT2D eigenvalue weighted by Gasteiger charge is 2.37. The lowest BCUT2D eigenvalue weighted by atomic mass is 9.83. The molecule has 7 nitrogen and oxygen atoms in total. The molecule has 1 aliphatic carbocycles. The van der Waals surface area contributed by atoms with Crippen molar-refractivity contribution in [1.29, 1.82) is 0 Å². The highest BCUT2D eigenvalue weighted by atomic mass is 16.8. The molecule has 1 fully saturated rings. The maximum absolute atomic E-state index is 12.8. The standard InChI is InChI=1S/C28H37NO6/c1-20(34-27(32)35-25-11-7-4-8-12-25)33-26(31)28(2,19-30)18-24(29)17-21-13-15-23(16-14-21)22-9-5-3-6-10-22/h3,5-6,9-10,13-16,20,24-25,30H,4,7-8,11-12,17-19,29H2,1-2H3/t20?,24-,28+/m1/s1. The van der Waals surface area contributed by atoms with E-state index >= 15 is 0 Å². The van der Waals surface area contributed by atoms with Gasteiger partial charge in [0, 0.05) is 13.0 Å². The minimum atomic E-state index is -1.23. The second-order valence-electron chi connectivity index (χ2n) is 9.67. The Balaban J connectivity index is 1.49. The van der Waals surface area contributed by atoms with Gasteiger partial charge in [0.15, 0.2) is 0 Å². The Kier molecular flexibility index (Phi) is 9.69. The van der Waals surface area contributed by atoms with Gasteiger partial charge in [-0.2, -0.15) is 0 Å². The average Bonchev–Trinajstić information content (AvgIpc) is 2.85. The van der Waals surface area contributed by atoms with E-state index in [-0.39, 0.29) is 18.6 Å². The van der Waals surface area contributed by atoms with E-state index in [0.717, 1.165) is 48.8 Å². The highest BCUT2D eigenvalue weighted by molar-refractivity contribution is 5.77. The normalized spacial score (nSPS) is 17.6. The smallest absolute Gasteiger partial charge is 0.431 e. The summed E-state index contributed by atoms with van der Waals surface area (Å²) in [5, 5.41) is 9.96. The first-order chi connectivity index (χ1) is 16.8. The molecule has 7 heteroatoms. The largest absolute Gasteiger partial charge is 0.511 e. The van der Waals surface area contributed by atoms with Crippen molar-refractivity contribution in [2.45, 2.75) is 77.2 Å². The zero-order valence-electron chi connectivity index (χ0n) is 20.7. The van der Waals surface area contributed by atoms with E-state index in [1.54, 1.807) is 6.92 Å². The average molecular weight is 484 g/mol. The Morgan fingerprint density at radius 2 is 1.63 bits per heavy atom. The molecule has 0 radical (unpaired) electrons. The van der Waals surface area contributed by atoms with Crippen molar-refractivity contribution in [3.63, 3.8) is 0 Å². The van der Waals surface area contributed by atoms with Crippen molar-refractivity contribution in [3.8, 4) is 11.1 Å². The number of nitrogens with two attached hydrogens (primary N) is 1. The van der Waals surface area contributed by atoms with Crippen LogP contribution in [-0.2, 0) is 25.4 Å². The van der Waals surface area contributed by atoms with E-state index < -0.39 is 30.4 Å². The fourth-order valence-corrected chi connectivity index (χ4v) is 4.43. The van der Waals surface area contributed by atoms with Gasteiger partial charge >= 0.3 is 12.1 Å². The molecule has 190 valence electrons. The van der Waals surface area contributed by atoms with Gasteiger partial charge in [-0.1, -0.05) is 61.0 Å². The molecular weight excluding hydrogens is 446 g/mol. The van der Waals surface area contributed by atoms with E-state index in [4.69, 9.17) is 19.9 Å². The Hall–Kier alpha value is -2.90. The molecule has 3 N–H and O–H groups in total. The van der Waals surface area contributed by atoms with Gasteiger partial charge in [0.1, 0.15) is 6.10 Å². The van der Waals surface area contributed by atoms with E-state index in [2.05, 4.69) is 12.1 Å². The third-order valence-electron chi connectivity index (χ3n) is 6.46. The molecule has 1 unspecified atom stereocenters. The Morgan fingerprint density at radius 3 is 2.26 bits per heavy atom. The highest BCUT2D eigenvalue weighted by Crippen LogP contribution is 2.27. The zero-order valence-corrected chi connectivity index (χ0v) is 20.7. The molecular formula is C28H37NO6. The number of aliphatic hydroxyl groups is 1. The summed E-state index contributed by atoms with van der Waals surface area (Å²) < 4.78 is 15.7. The van der Waals surface area contributed by atoms with Crippen LogP contribution in [0, 0.1) is 5.41 Å². The van der Waals surface area contributed by atoms with Gasteiger partial charge in [-0.25, -0.2) is 4.79 Å². The molecule has 0 amide bonds. The van der Waals surface area contributed by atoms with Crippen molar-refractivity contribution in [1.82, 2.24) is 0 Å². The third-order valence-corrected chi connectivity index (χ3v) is 6.46. The van der Waals surface area contributed by atoms with Crippen LogP contribution in [0.25, 0.3) is 11.1 Å². The molecule has 35 heavy (non-hydrogen) atoms. The maximum Gasteiger partial charge on any atom is 0.511 e. The molecule has 0 saturated heterocycles. The molecule has 0 spiro atoms. The summed E-state index contributed by atoms with van der Waals surface area (Å²) in [6.45, 7) is 2.61. The lowest BCUT2D eigenvalue weighted by Gasteiger charge is -2.29. The van der Waals surface area contributed by atoms with Crippen molar-refractivity contribution in [2.24, 2.45) is 11.1 Å². The van der Waals surface area contributed by atoms with Crippen molar-refractivity contribution < 1.29 is 28.9 Å². The lowest BCUT2D eigenvalue weighted by Crippen LogP contribution is -2.42. The summed E-state index contributed by atoms with van der Waals surface area (Å²) >= 11 is 0. The second kappa shape index (κ2) is 12.7. The van der Waals surface area contributed by atoms with Crippen molar-refractivity contribution in [3.05, 3.63) is 60.2 Å². The number of benzene rings is 2. The van der Waals surface area contributed by atoms with Crippen molar-refractivity contribution in [2.75, 3.05) is 6.61 Å². The van der Waals surface area contributed by atoms with Crippen LogP contribution < -0.4 is 5.73 Å². The lowest BCUT2D eigenvalue weighted by molar-refractivity contribution is -0.183. The van der Waals surface area contributed by atoms with Gasteiger partial charge in [0.2, 0.25) is 6.29 Å². The molecule has 3 atom stereocenters. The Morgan fingerprint density at radius 1 is 1.00 bits per heavy atom. The van der Waals surface area contributed by atoms with E-state index in [1.165, 1.54) is 6.92 Å². The first kappa shape index (κ1) is 26.7. The van der Waals surface area contributed by atoms with Crippen LogP contribution in [-0.4, -0.2) is 42.3 Å². The van der Waals surface area contributed by atoms with Gasteiger partial charge in [-0.05, 0) is 62.1 Å². The number of hydrogen-bond donors (Lipinski definition) is 2. The molecule has 1 saturated carbocycles. The summed E-state index contributed by atoms with van der Waals surface area (Å²) in [7, 11) is 0. The van der Waals surface area contributed by atoms with E-state index in [9.17, 15) is 14.7 Å². The van der Waals surface area contributed by atoms with Gasteiger partial charge in [-0.15, -0.1) is 0 Å². The summed E-state index contributed by atoms with van der Waals surface area (Å²) in [4.78, 5) is 24.8. The fraction of sp³-hybridized carbons (Fsp3) is 0.500. The number of carbonyl (C=O) groups is 2. The van der Waals surface area contributed by atoms with E-state index in [0.29, 0.717) is 6.42 Å². The summed E-state index contributed by atoms with van der Waals surface area (Å²) in [5.74, 6) is -0.673. The van der Waals surface area contributed by atoms with Crippen LogP contribution in [0.5, 0.6) is 0 Å². The number of esters is 1. The van der Waals surface area contributed by atoms with Crippen LogP contribution in [0.4, 0.5) is 4.79 Å². The second-order valence-corrected chi connectivity index (χ2v) is 9.67. The number of rotatable bonds is 10. The topological polar surface area (TPSA) is 108 Å². The zero-order chi connectivity index (χ0) is 25.3. The number of ether oxygens (including phenoxy) is 3. The first-order valence-electron chi connectivity index (χ1n) is 12.4. The summed E-state index contributed by atoms with van der Waals surface area (Å²) in [6, 6.07) is 17.8. The molecule has 0 aliphatic heterocycles. The monoisotopic (exact) mass is 483 g/mol. The Bertz CT molecular complexity index is 942. The van der Waals surface area contributed by atoms with Crippen molar-refractivity contribution >= 4 is 12.1 Å². The van der Waals surface area contributed by atoms with Gasteiger partial charge in [-0.3, -0.25) is 4.79 Å². The van der Waals surface area contributed by atoms with Crippen LogP contribution in [0.15, 0.2) is 54.6 Å². The van der Waals surface area contributed by atoms with Crippen LogP contribution >= 0.6 is 0 Å². The molecule has 3 rings (SSSR count). The van der Waals surface area contributed by atoms with Crippen LogP contribution in [0.1, 0.15) is 57.9 Å². The molecule has 2 aromatic rings. The molecule has 0 aromatic heterocycles. The van der Waals surface area contributed by atoms with Gasteiger partial charge < -0.3 is 25.1 Å². The minimum absolute atomic E-state index is 0.151. The molecule has 1 aliphatic rings. The fourth-order valence-electron chi connectivity index (χ4n) is 4.43. The van der Waals surface area contributed by atoms with E-state index in [1.807, 2.05) is 42.5 Å². The predicted octanol–water partition coefficient (Wildman–Crippen LogP) is 4.99. The van der Waals surface area contributed by atoms with Gasteiger partial charge in [0.05, 0.1) is 12.0 Å². The summed E-state index contributed by atoms with van der Waals surface area (Å²) in [6.07, 6.45) is 3.44. The summed E-state index contributed by atoms with van der Waals surface area (Å²) in [5.41, 5.74) is 8.40. The SMILES string of the molecule is CC(OC(=O)OC1CCCCC1)OC(=O)[C@](C)(CO)C[C@H](N)Cc1ccc(-c2ccccc2)cc1. The molecule has 2 aromatic carbocycles.